The molecular formula is C62H90N6O3. The highest BCUT2D eigenvalue weighted by atomic mass is 16.8. The molecule has 4 aromatic rings. The molecule has 4 aromatic carbocycles. The molecule has 386 valence electrons. The Labute approximate surface area is 428 Å². The van der Waals surface area contributed by atoms with Gasteiger partial charge in [0.25, 0.3) is 0 Å². The molecule has 0 radical (unpaired) electrons. The summed E-state index contributed by atoms with van der Waals surface area (Å²) >= 11 is 0. The van der Waals surface area contributed by atoms with E-state index in [9.17, 15) is 0 Å². The van der Waals surface area contributed by atoms with Gasteiger partial charge in [0.15, 0.2) is 17.2 Å². The summed E-state index contributed by atoms with van der Waals surface area (Å²) in [5, 5.41) is 23.5. The second-order valence-electron chi connectivity index (χ2n) is 25.4. The molecule has 4 bridgehead atoms. The van der Waals surface area contributed by atoms with Crippen LogP contribution in [0.3, 0.4) is 0 Å². The Hall–Kier alpha value is -4.35. The van der Waals surface area contributed by atoms with Gasteiger partial charge in [-0.1, -0.05) is 232 Å². The second-order valence-corrected chi connectivity index (χ2v) is 25.4. The minimum atomic E-state index is -0.270. The van der Waals surface area contributed by atoms with Crippen molar-refractivity contribution in [2.24, 2.45) is 56.2 Å². The van der Waals surface area contributed by atoms with Crippen LogP contribution in [-0.4, -0.2) is 22.9 Å². The topological polar surface area (TPSA) is 175 Å². The van der Waals surface area contributed by atoms with Crippen molar-refractivity contribution in [2.45, 2.75) is 166 Å². The summed E-state index contributed by atoms with van der Waals surface area (Å²) in [4.78, 5) is 16.2. The number of hydroxylamine groups is 3. The highest BCUT2D eigenvalue weighted by Gasteiger charge is 2.75. The maximum atomic E-state index is 7.89. The van der Waals surface area contributed by atoms with Gasteiger partial charge in [0.2, 0.25) is 0 Å². The highest BCUT2D eigenvalue weighted by Crippen LogP contribution is 2.72. The van der Waals surface area contributed by atoms with E-state index in [-0.39, 0.29) is 33.4 Å². The van der Waals surface area contributed by atoms with Crippen LogP contribution in [0.1, 0.15) is 172 Å². The summed E-state index contributed by atoms with van der Waals surface area (Å²) in [5.74, 6) is 2.45. The third kappa shape index (κ3) is 11.3. The molecule has 0 aromatic heterocycles. The quantitative estimate of drug-likeness (QED) is 0.0828. The van der Waals surface area contributed by atoms with Crippen molar-refractivity contribution < 1.29 is 14.5 Å². The standard InChI is InChI=1S/C11H15NO.C11H15N.C10H17NO.C10H13NO.C10H17N.C10H13N/c1-10(2,3)11(12-13-11)9-7-5-4-6-8-9;1-11(2,3)10(12)9-7-5-4-6-8-9;1-8(2)7-4-5-9(8,3)10(6-7)11-12-10;1-8(2)10(11-12-10)9-6-4-3-5-7-9;1-9(2)7-4-5-10(9,3)8(11)6-7;1-8(2)10(11)9-6-4-3-5-7-9/h4-8,12H,1-3H3;4-8,12H,1-3H3;7,11H,4-6H2,1-3H3;3-8,11H,1-2H3;7,11H,4-6H2,1-3H3;3-8,11H,1-2H3. The van der Waals surface area contributed by atoms with Crippen LogP contribution in [0.4, 0.5) is 0 Å². The van der Waals surface area contributed by atoms with Gasteiger partial charge in [-0.3, -0.25) is 14.5 Å². The van der Waals surface area contributed by atoms with Gasteiger partial charge >= 0.3 is 0 Å². The molecule has 3 saturated heterocycles. The number of hydrogen-bond acceptors (Lipinski definition) is 9. The maximum Gasteiger partial charge on any atom is 0.191 e. The van der Waals surface area contributed by atoms with Crippen LogP contribution >= 0.6 is 0 Å². The van der Waals surface area contributed by atoms with E-state index in [4.69, 9.17) is 30.7 Å². The first kappa shape index (κ1) is 56.0. The van der Waals surface area contributed by atoms with Crippen molar-refractivity contribution in [3.8, 4) is 0 Å². The second kappa shape index (κ2) is 20.9. The number of hydrogen-bond donors (Lipinski definition) is 6. The van der Waals surface area contributed by atoms with Crippen LogP contribution in [0, 0.1) is 72.4 Å². The van der Waals surface area contributed by atoms with Crippen LogP contribution in [0.25, 0.3) is 0 Å². The predicted octanol–water partition coefficient (Wildman–Crippen LogP) is 15.2. The molecule has 6 N–H and O–H groups in total. The molecule has 9 nitrogen and oxygen atoms in total. The minimum absolute atomic E-state index is 0.0542. The van der Waals surface area contributed by atoms with E-state index >= 15 is 0 Å². The molecule has 11 rings (SSSR count). The van der Waals surface area contributed by atoms with E-state index in [1.165, 1.54) is 43.2 Å². The van der Waals surface area contributed by atoms with E-state index in [0.717, 1.165) is 35.1 Å². The van der Waals surface area contributed by atoms with Crippen molar-refractivity contribution in [2.75, 3.05) is 0 Å². The van der Waals surface area contributed by atoms with Crippen LogP contribution < -0.4 is 16.4 Å². The van der Waals surface area contributed by atoms with Gasteiger partial charge < -0.3 is 16.2 Å². The molecule has 7 fully saturated rings. The van der Waals surface area contributed by atoms with Crippen molar-refractivity contribution >= 4 is 17.1 Å². The summed E-state index contributed by atoms with van der Waals surface area (Å²) in [6, 6.07) is 40.2. The van der Waals surface area contributed by atoms with E-state index in [2.05, 4.69) is 138 Å². The van der Waals surface area contributed by atoms with E-state index in [1.807, 2.05) is 111 Å². The van der Waals surface area contributed by atoms with Crippen molar-refractivity contribution in [3.05, 3.63) is 144 Å². The van der Waals surface area contributed by atoms with Crippen molar-refractivity contribution in [1.82, 2.24) is 16.4 Å². The lowest BCUT2D eigenvalue weighted by Crippen LogP contribution is -2.39. The zero-order chi connectivity index (χ0) is 52.5. The average molecular weight is 967 g/mol. The molecule has 7 atom stereocenters. The fourth-order valence-electron chi connectivity index (χ4n) is 11.6. The number of fused-ring (bicyclic) bond motifs is 5. The molecule has 0 amide bonds. The highest BCUT2D eigenvalue weighted by molar-refractivity contribution is 6.01. The van der Waals surface area contributed by atoms with E-state index in [1.54, 1.807) is 0 Å². The number of nitrogens with one attached hydrogen (secondary N) is 6. The molecular weight excluding hydrogens is 877 g/mol. The lowest BCUT2D eigenvalue weighted by Gasteiger charge is -2.36. The van der Waals surface area contributed by atoms with Crippen LogP contribution in [0.2, 0.25) is 0 Å². The monoisotopic (exact) mass is 967 g/mol. The summed E-state index contributed by atoms with van der Waals surface area (Å²) in [6.45, 7) is 35.2. The van der Waals surface area contributed by atoms with E-state index < -0.39 is 0 Å². The largest absolute Gasteiger partial charge is 0.309 e. The Balaban J connectivity index is 0.000000140. The van der Waals surface area contributed by atoms with Crippen molar-refractivity contribution in [3.63, 3.8) is 0 Å². The molecule has 7 unspecified atom stereocenters. The SMILES string of the molecule is CC(C)(C)C(=N)c1ccccc1.CC(C)(C)C1(c2ccccc2)NO1.CC(C)C(=N)c1ccccc1.CC(C)C1(c2ccccc2)NO1.CC1(C)C2CCC1(C)C1(C2)NO1.CC12CCC(CC1=N)C2(C)C. The Morgan fingerprint density at radius 2 is 1.03 bits per heavy atom. The van der Waals surface area contributed by atoms with Gasteiger partial charge in [0, 0.05) is 55.8 Å². The first-order chi connectivity index (χ1) is 33.1. The van der Waals surface area contributed by atoms with E-state index in [0.29, 0.717) is 39.5 Å². The molecule has 9 heteroatoms. The van der Waals surface area contributed by atoms with Gasteiger partial charge in [-0.25, -0.2) is 0 Å². The van der Waals surface area contributed by atoms with Gasteiger partial charge in [0.05, 0.1) is 0 Å². The minimum Gasteiger partial charge on any atom is -0.309 e. The van der Waals surface area contributed by atoms with Crippen molar-refractivity contribution in [1.29, 1.82) is 16.2 Å². The van der Waals surface area contributed by atoms with Crippen LogP contribution in [0.5, 0.6) is 0 Å². The Morgan fingerprint density at radius 3 is 1.31 bits per heavy atom. The third-order valence-corrected chi connectivity index (χ3v) is 18.1. The third-order valence-electron chi connectivity index (χ3n) is 18.1. The fourth-order valence-corrected chi connectivity index (χ4v) is 11.6. The molecule has 7 aliphatic rings. The Kier molecular flexibility index (Phi) is 16.5. The van der Waals surface area contributed by atoms with Gasteiger partial charge in [-0.05, 0) is 78.2 Å². The molecule has 4 saturated carbocycles. The summed E-state index contributed by atoms with van der Waals surface area (Å²) in [7, 11) is 0. The lowest BCUT2D eigenvalue weighted by atomic mass is 9.68. The maximum absolute atomic E-state index is 7.89. The molecule has 4 aliphatic carbocycles. The zero-order valence-corrected chi connectivity index (χ0v) is 46.3. The smallest absolute Gasteiger partial charge is 0.191 e. The van der Waals surface area contributed by atoms with Gasteiger partial charge in [0.1, 0.15) is 0 Å². The lowest BCUT2D eigenvalue weighted by molar-refractivity contribution is 0.0701. The number of rotatable bonds is 6. The molecule has 71 heavy (non-hydrogen) atoms. The first-order valence-electron chi connectivity index (χ1n) is 26.4. The summed E-state index contributed by atoms with van der Waals surface area (Å²) < 4.78 is 0. The Bertz CT molecular complexity index is 2410. The molecule has 1 spiro atoms. The fraction of sp³-hybridized carbons (Fsp3) is 0.565. The molecule has 3 aliphatic heterocycles. The normalized spacial score (nSPS) is 30.5. The average Bonchev–Trinajstić information content (AvgIpc) is 4.25. The number of benzene rings is 4. The predicted molar refractivity (Wildman–Crippen MR) is 293 cm³/mol. The summed E-state index contributed by atoms with van der Waals surface area (Å²) in [5.41, 5.74) is 17.1. The van der Waals surface area contributed by atoms with Crippen LogP contribution in [0.15, 0.2) is 121 Å². The van der Waals surface area contributed by atoms with Crippen LogP contribution in [-0.2, 0) is 26.0 Å². The van der Waals surface area contributed by atoms with Gasteiger partial charge in [-0.15, -0.1) is 0 Å². The summed E-state index contributed by atoms with van der Waals surface area (Å²) in [6.07, 6.45) is 7.64. The first-order valence-corrected chi connectivity index (χ1v) is 26.4. The molecule has 3 heterocycles. The van der Waals surface area contributed by atoms with Gasteiger partial charge in [-0.2, -0.15) is 16.4 Å². The zero-order valence-electron chi connectivity index (χ0n) is 46.3. The Morgan fingerprint density at radius 1 is 0.577 bits per heavy atom.